The molecule has 2 heterocycles. The summed E-state index contributed by atoms with van der Waals surface area (Å²) in [6, 6.07) is 0. The molecule has 0 radical (unpaired) electrons. The summed E-state index contributed by atoms with van der Waals surface area (Å²) in [4.78, 5) is 15.8. The average molecular weight is 251 g/mol. The summed E-state index contributed by atoms with van der Waals surface area (Å²) in [5.41, 5.74) is 2.00. The number of hydrogen-bond donors (Lipinski definition) is 1. The predicted molar refractivity (Wildman–Crippen MR) is 65.4 cm³/mol. The minimum atomic E-state index is -0.980. The van der Waals surface area contributed by atoms with Gasteiger partial charge in [0.25, 0.3) is 0 Å². The van der Waals surface area contributed by atoms with Gasteiger partial charge >= 0.3 is 5.97 Å². The first-order chi connectivity index (χ1) is 8.02. The lowest BCUT2D eigenvalue weighted by molar-refractivity contribution is 0.0690. The van der Waals surface area contributed by atoms with E-state index in [1.165, 1.54) is 11.3 Å². The molecule has 17 heavy (non-hydrogen) atoms. The van der Waals surface area contributed by atoms with Crippen molar-refractivity contribution in [3.05, 3.63) is 22.5 Å². The van der Waals surface area contributed by atoms with Gasteiger partial charge in [-0.2, -0.15) is 5.10 Å². The number of nitrogens with zero attached hydrogens (tertiary/aromatic N) is 3. The van der Waals surface area contributed by atoms with Crippen LogP contribution in [0.3, 0.4) is 0 Å². The number of aromatic nitrogens is 3. The second-order valence-corrected chi connectivity index (χ2v) is 4.95. The van der Waals surface area contributed by atoms with Crippen LogP contribution in [0.5, 0.6) is 0 Å². The fraction of sp³-hybridized carbons (Fsp3) is 0.364. The van der Waals surface area contributed by atoms with Gasteiger partial charge in [-0.05, 0) is 13.3 Å². The molecule has 2 rings (SSSR count). The van der Waals surface area contributed by atoms with Crippen molar-refractivity contribution in [3.63, 3.8) is 0 Å². The summed E-state index contributed by atoms with van der Waals surface area (Å²) in [5, 5.41) is 14.0. The van der Waals surface area contributed by atoms with Crippen molar-refractivity contribution in [1.82, 2.24) is 14.8 Å². The zero-order chi connectivity index (χ0) is 12.6. The number of carboxylic acids is 1. The van der Waals surface area contributed by atoms with E-state index >= 15 is 0 Å². The first-order valence-electron chi connectivity index (χ1n) is 5.26. The largest absolute Gasteiger partial charge is 0.476 e. The maximum atomic E-state index is 10.9. The van der Waals surface area contributed by atoms with Gasteiger partial charge in [-0.3, -0.25) is 4.68 Å². The van der Waals surface area contributed by atoms with Crippen LogP contribution in [0.15, 0.2) is 6.20 Å². The molecule has 2 aromatic heterocycles. The lowest BCUT2D eigenvalue weighted by atomic mass is 10.2. The van der Waals surface area contributed by atoms with E-state index in [0.717, 1.165) is 27.6 Å². The SMILES string of the molecule is CCc1nn(C)cc1-c1nc(C(=O)O)c(C)s1. The Morgan fingerprint density at radius 1 is 1.59 bits per heavy atom. The Hall–Kier alpha value is -1.69. The van der Waals surface area contributed by atoms with Gasteiger partial charge in [0.1, 0.15) is 5.01 Å². The first kappa shape index (κ1) is 11.8. The Morgan fingerprint density at radius 3 is 2.82 bits per heavy atom. The van der Waals surface area contributed by atoms with Crippen molar-refractivity contribution in [1.29, 1.82) is 0 Å². The number of hydrogen-bond acceptors (Lipinski definition) is 4. The standard InChI is InChI=1S/C11H13N3O2S/c1-4-8-7(5-14(3)13-8)10-12-9(11(15)16)6(2)17-10/h5H,4H2,1-3H3,(H,15,16). The number of thiazole rings is 1. The minimum Gasteiger partial charge on any atom is -0.476 e. The third kappa shape index (κ3) is 2.08. The molecule has 0 aliphatic heterocycles. The second kappa shape index (κ2) is 4.29. The van der Waals surface area contributed by atoms with Crippen molar-refractivity contribution in [2.45, 2.75) is 20.3 Å². The fourth-order valence-electron chi connectivity index (χ4n) is 1.68. The van der Waals surface area contributed by atoms with Crippen LogP contribution >= 0.6 is 11.3 Å². The number of carboxylic acid groups (broad SMARTS) is 1. The second-order valence-electron chi connectivity index (χ2n) is 3.75. The van der Waals surface area contributed by atoms with E-state index in [1.807, 2.05) is 20.2 Å². The number of aromatic carboxylic acids is 1. The summed E-state index contributed by atoms with van der Waals surface area (Å²) in [5.74, 6) is -0.980. The van der Waals surface area contributed by atoms with Crippen LogP contribution in [-0.4, -0.2) is 25.8 Å². The molecule has 0 unspecified atom stereocenters. The van der Waals surface area contributed by atoms with Crippen LogP contribution in [0.2, 0.25) is 0 Å². The number of rotatable bonds is 3. The lowest BCUT2D eigenvalue weighted by Crippen LogP contribution is -1.98. The van der Waals surface area contributed by atoms with Crippen molar-refractivity contribution < 1.29 is 9.90 Å². The molecule has 0 atom stereocenters. The van der Waals surface area contributed by atoms with Gasteiger partial charge in [-0.1, -0.05) is 6.92 Å². The minimum absolute atomic E-state index is 0.135. The maximum Gasteiger partial charge on any atom is 0.355 e. The fourth-order valence-corrected chi connectivity index (χ4v) is 2.62. The Bertz CT molecular complexity index is 571. The Balaban J connectivity index is 2.53. The van der Waals surface area contributed by atoms with Crippen molar-refractivity contribution in [2.24, 2.45) is 7.05 Å². The molecule has 0 spiro atoms. The topological polar surface area (TPSA) is 68.0 Å². The molecular formula is C11H13N3O2S. The van der Waals surface area contributed by atoms with Crippen LogP contribution in [0, 0.1) is 6.92 Å². The number of aryl methyl sites for hydroxylation is 3. The number of carbonyl (C=O) groups is 1. The highest BCUT2D eigenvalue weighted by molar-refractivity contribution is 7.15. The zero-order valence-electron chi connectivity index (χ0n) is 9.89. The van der Waals surface area contributed by atoms with E-state index in [2.05, 4.69) is 10.1 Å². The summed E-state index contributed by atoms with van der Waals surface area (Å²) < 4.78 is 1.73. The summed E-state index contributed by atoms with van der Waals surface area (Å²) in [6.07, 6.45) is 2.68. The molecule has 0 amide bonds. The molecule has 2 aromatic rings. The lowest BCUT2D eigenvalue weighted by Gasteiger charge is -1.92. The van der Waals surface area contributed by atoms with E-state index < -0.39 is 5.97 Å². The summed E-state index contributed by atoms with van der Waals surface area (Å²) in [6.45, 7) is 3.79. The highest BCUT2D eigenvalue weighted by Gasteiger charge is 2.18. The molecule has 0 saturated heterocycles. The van der Waals surface area contributed by atoms with E-state index in [4.69, 9.17) is 5.11 Å². The van der Waals surface area contributed by atoms with E-state index in [-0.39, 0.29) is 5.69 Å². The van der Waals surface area contributed by atoms with Gasteiger partial charge in [0.2, 0.25) is 0 Å². The molecule has 0 aliphatic carbocycles. The molecule has 1 N–H and O–H groups in total. The highest BCUT2D eigenvalue weighted by Crippen LogP contribution is 2.29. The molecule has 0 aromatic carbocycles. The monoisotopic (exact) mass is 251 g/mol. The van der Waals surface area contributed by atoms with Gasteiger partial charge in [-0.25, -0.2) is 9.78 Å². The van der Waals surface area contributed by atoms with Crippen molar-refractivity contribution in [3.8, 4) is 10.6 Å². The molecule has 6 heteroatoms. The Labute approximate surface area is 103 Å². The molecule has 5 nitrogen and oxygen atoms in total. The normalized spacial score (nSPS) is 10.8. The van der Waals surface area contributed by atoms with Gasteiger partial charge in [0, 0.05) is 18.1 Å². The van der Waals surface area contributed by atoms with Crippen LogP contribution in [0.25, 0.3) is 10.6 Å². The molecular weight excluding hydrogens is 238 g/mol. The van der Waals surface area contributed by atoms with Crippen LogP contribution in [0.4, 0.5) is 0 Å². The van der Waals surface area contributed by atoms with E-state index in [9.17, 15) is 4.79 Å². The van der Waals surface area contributed by atoms with Crippen molar-refractivity contribution >= 4 is 17.3 Å². The van der Waals surface area contributed by atoms with Gasteiger partial charge in [0.05, 0.1) is 11.3 Å². The third-order valence-electron chi connectivity index (χ3n) is 2.47. The van der Waals surface area contributed by atoms with Crippen LogP contribution < -0.4 is 0 Å². The maximum absolute atomic E-state index is 10.9. The molecule has 90 valence electrons. The van der Waals surface area contributed by atoms with Gasteiger partial charge < -0.3 is 5.11 Å². The predicted octanol–water partition coefficient (Wildman–Crippen LogP) is 2.11. The summed E-state index contributed by atoms with van der Waals surface area (Å²) in [7, 11) is 1.85. The average Bonchev–Trinajstić information content (AvgIpc) is 2.81. The molecule has 0 bridgehead atoms. The van der Waals surface area contributed by atoms with Gasteiger partial charge in [0.15, 0.2) is 5.69 Å². The molecule has 0 aliphatic rings. The third-order valence-corrected chi connectivity index (χ3v) is 3.47. The van der Waals surface area contributed by atoms with E-state index in [0.29, 0.717) is 0 Å². The summed E-state index contributed by atoms with van der Waals surface area (Å²) >= 11 is 1.39. The van der Waals surface area contributed by atoms with Crippen LogP contribution in [-0.2, 0) is 13.5 Å². The quantitative estimate of drug-likeness (QED) is 0.907. The van der Waals surface area contributed by atoms with Crippen LogP contribution in [0.1, 0.15) is 28.0 Å². The van der Waals surface area contributed by atoms with Crippen molar-refractivity contribution in [2.75, 3.05) is 0 Å². The van der Waals surface area contributed by atoms with E-state index in [1.54, 1.807) is 11.6 Å². The zero-order valence-corrected chi connectivity index (χ0v) is 10.7. The molecule has 0 fully saturated rings. The van der Waals surface area contributed by atoms with Gasteiger partial charge in [-0.15, -0.1) is 11.3 Å². The Morgan fingerprint density at radius 2 is 2.29 bits per heavy atom. The smallest absolute Gasteiger partial charge is 0.355 e. The Kier molecular flexibility index (Phi) is 2.97. The first-order valence-corrected chi connectivity index (χ1v) is 6.08. The highest BCUT2D eigenvalue weighted by atomic mass is 32.1. The molecule has 0 saturated carbocycles.